The van der Waals surface area contributed by atoms with E-state index in [1.54, 1.807) is 0 Å². The summed E-state index contributed by atoms with van der Waals surface area (Å²) >= 11 is 1.18. The van der Waals surface area contributed by atoms with E-state index in [1.807, 2.05) is 6.92 Å². The monoisotopic (exact) mass is 209 g/mol. The Hall–Kier alpha value is -0.0271. The summed E-state index contributed by atoms with van der Waals surface area (Å²) in [4.78, 5) is 10.6. The van der Waals surface area contributed by atoms with Crippen LogP contribution in [0.3, 0.4) is 0 Å². The van der Waals surface area contributed by atoms with Gasteiger partial charge in [-0.15, -0.1) is 0 Å². The quantitative estimate of drug-likeness (QED) is 0.464. The summed E-state index contributed by atoms with van der Waals surface area (Å²) in [6.07, 6.45) is 1.53. The van der Waals surface area contributed by atoms with Crippen molar-refractivity contribution in [2.24, 2.45) is 0 Å². The summed E-state index contributed by atoms with van der Waals surface area (Å²) in [5.41, 5.74) is 0. The summed E-state index contributed by atoms with van der Waals surface area (Å²) in [7, 11) is 0. The maximum Gasteiger partial charge on any atom is -0.412 e. The Bertz CT molecular complexity index is 85.1. The molecule has 10 heavy (non-hydrogen) atoms. The average molecular weight is 208 g/mol. The standard InChI is InChI=1S/C6H13GeO2.H2O/c1-2-5-9-6(8)3-4-7;/h2-5,7H2,1H3;1H2. The van der Waals surface area contributed by atoms with Crippen LogP contribution in [0, 0.1) is 0 Å². The van der Waals surface area contributed by atoms with Gasteiger partial charge < -0.3 is 5.48 Å². The number of carbonyl (C=O) groups is 1. The van der Waals surface area contributed by atoms with E-state index in [4.69, 9.17) is 4.74 Å². The van der Waals surface area contributed by atoms with E-state index in [9.17, 15) is 4.79 Å². The third-order valence-electron chi connectivity index (χ3n) is 0.848. The van der Waals surface area contributed by atoms with Crippen LogP contribution in [0.15, 0.2) is 0 Å². The molecule has 0 fully saturated rings. The average Bonchev–Trinajstić information content (AvgIpc) is 1.85. The second-order valence-corrected chi connectivity index (χ2v) is 3.31. The van der Waals surface area contributed by atoms with Gasteiger partial charge in [0.2, 0.25) is 0 Å². The summed E-state index contributed by atoms with van der Waals surface area (Å²) in [6, 6.07) is 0. The van der Waals surface area contributed by atoms with Gasteiger partial charge in [0.25, 0.3) is 0 Å². The predicted octanol–water partition coefficient (Wildman–Crippen LogP) is -0.444. The normalized spacial score (nSPS) is 8.20. The molecule has 0 amide bonds. The Morgan fingerprint density at radius 3 is 2.60 bits per heavy atom. The van der Waals surface area contributed by atoms with Crippen molar-refractivity contribution in [1.29, 1.82) is 0 Å². The van der Waals surface area contributed by atoms with Crippen LogP contribution in [-0.4, -0.2) is 34.6 Å². The van der Waals surface area contributed by atoms with Crippen molar-refractivity contribution < 1.29 is 15.0 Å². The van der Waals surface area contributed by atoms with Gasteiger partial charge in [-0.05, 0) is 0 Å². The van der Waals surface area contributed by atoms with Gasteiger partial charge in [0.15, 0.2) is 0 Å². The van der Waals surface area contributed by atoms with Crippen molar-refractivity contribution in [1.82, 2.24) is 0 Å². The number of hydrogen-bond donors (Lipinski definition) is 0. The van der Waals surface area contributed by atoms with E-state index < -0.39 is 0 Å². The molecule has 0 rings (SSSR count). The summed E-state index contributed by atoms with van der Waals surface area (Å²) < 4.78 is 4.81. The zero-order valence-electron chi connectivity index (χ0n) is 6.35. The number of carbonyl (C=O) groups excluding carboxylic acids is 1. The van der Waals surface area contributed by atoms with Gasteiger partial charge in [0.05, 0.1) is 0 Å². The minimum absolute atomic E-state index is 0. The minimum atomic E-state index is -0.0388. The van der Waals surface area contributed by atoms with Crippen LogP contribution in [0.5, 0.6) is 0 Å². The Morgan fingerprint density at radius 2 is 2.20 bits per heavy atom. The van der Waals surface area contributed by atoms with Crippen molar-refractivity contribution in [2.45, 2.75) is 25.0 Å². The number of rotatable bonds is 4. The number of ether oxygens (including phenoxy) is 1. The van der Waals surface area contributed by atoms with Crippen LogP contribution in [0.2, 0.25) is 5.25 Å². The minimum Gasteiger partial charge on any atom is -0.412 e. The molecule has 2 N–H and O–H groups in total. The van der Waals surface area contributed by atoms with Crippen LogP contribution in [0.25, 0.3) is 0 Å². The van der Waals surface area contributed by atoms with E-state index in [0.29, 0.717) is 13.0 Å². The molecule has 61 valence electrons. The molecule has 0 saturated heterocycles. The van der Waals surface area contributed by atoms with Crippen molar-refractivity contribution in [3.05, 3.63) is 0 Å². The molecular weight excluding hydrogens is 193 g/mol. The van der Waals surface area contributed by atoms with Crippen LogP contribution in [0.4, 0.5) is 0 Å². The van der Waals surface area contributed by atoms with E-state index in [-0.39, 0.29) is 11.4 Å². The molecule has 0 aliphatic rings. The first-order valence-corrected chi connectivity index (χ1v) is 5.36. The van der Waals surface area contributed by atoms with E-state index in [2.05, 4.69) is 0 Å². The third-order valence-corrected chi connectivity index (χ3v) is 1.59. The molecule has 0 spiro atoms. The number of hydrogen-bond acceptors (Lipinski definition) is 2. The van der Waals surface area contributed by atoms with Gasteiger partial charge in [0, 0.05) is 0 Å². The molecule has 0 aliphatic heterocycles. The van der Waals surface area contributed by atoms with Crippen molar-refractivity contribution in [2.75, 3.05) is 6.61 Å². The Kier molecular flexibility index (Phi) is 11.3. The number of esters is 1. The molecule has 0 heterocycles. The summed E-state index contributed by atoms with van der Waals surface area (Å²) in [6.45, 7) is 2.58. The molecule has 4 heteroatoms. The zero-order valence-corrected chi connectivity index (χ0v) is 9.32. The van der Waals surface area contributed by atoms with E-state index in [0.717, 1.165) is 11.7 Å². The molecule has 0 unspecified atom stereocenters. The Morgan fingerprint density at radius 1 is 1.60 bits per heavy atom. The first kappa shape index (κ1) is 12.6. The first-order chi connectivity index (χ1) is 4.31. The van der Waals surface area contributed by atoms with Crippen LogP contribution in [0.1, 0.15) is 19.8 Å². The van der Waals surface area contributed by atoms with Gasteiger partial charge >= 0.3 is 63.6 Å². The fourth-order valence-corrected chi connectivity index (χ4v) is 1.04. The smallest absolute Gasteiger partial charge is 0.412 e. The van der Waals surface area contributed by atoms with Gasteiger partial charge in [-0.1, -0.05) is 0 Å². The fourth-order valence-electron chi connectivity index (χ4n) is 0.432. The molecular formula is C6H15GeO3. The van der Waals surface area contributed by atoms with Crippen LogP contribution < -0.4 is 0 Å². The molecule has 0 atom stereocenters. The summed E-state index contributed by atoms with van der Waals surface area (Å²) in [5, 5.41) is 1.00. The van der Waals surface area contributed by atoms with Gasteiger partial charge in [-0.2, -0.15) is 0 Å². The van der Waals surface area contributed by atoms with Gasteiger partial charge in [-0.25, -0.2) is 0 Å². The van der Waals surface area contributed by atoms with Crippen LogP contribution >= 0.6 is 0 Å². The second kappa shape index (κ2) is 8.97. The van der Waals surface area contributed by atoms with Crippen molar-refractivity contribution >= 4 is 22.5 Å². The van der Waals surface area contributed by atoms with Gasteiger partial charge in [-0.3, -0.25) is 0 Å². The fraction of sp³-hybridized carbons (Fsp3) is 0.833. The third kappa shape index (κ3) is 7.97. The molecule has 0 aromatic carbocycles. The largest absolute Gasteiger partial charge is 0.412 e. The Balaban J connectivity index is 0. The van der Waals surface area contributed by atoms with Crippen LogP contribution in [-0.2, 0) is 9.53 Å². The zero-order chi connectivity index (χ0) is 7.11. The first-order valence-electron chi connectivity index (χ1n) is 3.26. The van der Waals surface area contributed by atoms with E-state index in [1.165, 1.54) is 16.5 Å². The molecule has 0 saturated carbocycles. The molecule has 0 bridgehead atoms. The molecule has 1 radical (unpaired) electrons. The maximum absolute atomic E-state index is 10.6. The summed E-state index contributed by atoms with van der Waals surface area (Å²) in [5.74, 6) is -0.0388. The molecule has 0 aliphatic carbocycles. The maximum atomic E-state index is 10.6. The SMILES string of the molecule is CCCOC(=O)C[CH2][GeH2].O. The molecule has 3 nitrogen and oxygen atoms in total. The molecule has 0 aromatic heterocycles. The topological polar surface area (TPSA) is 57.8 Å². The van der Waals surface area contributed by atoms with Gasteiger partial charge in [0.1, 0.15) is 0 Å². The Labute approximate surface area is 69.7 Å². The van der Waals surface area contributed by atoms with Crippen molar-refractivity contribution in [3.8, 4) is 0 Å². The van der Waals surface area contributed by atoms with Crippen molar-refractivity contribution in [3.63, 3.8) is 0 Å². The van der Waals surface area contributed by atoms with E-state index >= 15 is 0 Å². The second-order valence-electron chi connectivity index (χ2n) is 1.82. The molecule has 0 aromatic rings. The predicted molar refractivity (Wildman–Crippen MR) is 42.8 cm³/mol.